The van der Waals surface area contributed by atoms with Crippen molar-refractivity contribution < 1.29 is 33.4 Å². The van der Waals surface area contributed by atoms with Crippen LogP contribution in [0, 0.1) is 11.8 Å². The summed E-state index contributed by atoms with van der Waals surface area (Å²) in [5.74, 6) is 0.843. The Hall–Kier alpha value is -2.35. The Morgan fingerprint density at radius 2 is 1.83 bits per heavy atom. The number of thioether (sulfide) groups is 1. The van der Waals surface area contributed by atoms with Crippen LogP contribution in [-0.4, -0.2) is 112 Å². The molecule has 12 nitrogen and oxygen atoms in total. The Kier molecular flexibility index (Phi) is 14.2. The van der Waals surface area contributed by atoms with Crippen molar-refractivity contribution in [2.24, 2.45) is 11.8 Å². The molecule has 3 rings (SSSR count). The van der Waals surface area contributed by atoms with Crippen molar-refractivity contribution in [3.8, 4) is 0 Å². The molecule has 0 bridgehead atoms. The Bertz CT molecular complexity index is 998. The van der Waals surface area contributed by atoms with Gasteiger partial charge in [-0.2, -0.15) is 0 Å². The number of aromatic nitrogens is 3. The molecule has 230 valence electrons. The lowest BCUT2D eigenvalue weighted by molar-refractivity contribution is -0.139. The van der Waals surface area contributed by atoms with Crippen molar-refractivity contribution in [3.05, 3.63) is 11.9 Å². The molecular weight excluding hydrogens is 550 g/mol. The summed E-state index contributed by atoms with van der Waals surface area (Å²) in [6.45, 7) is 6.45. The second kappa shape index (κ2) is 17.6. The molecule has 0 spiro atoms. The van der Waals surface area contributed by atoms with E-state index in [0.29, 0.717) is 50.3 Å². The SMILES string of the molecule is CC(C)C(=O)Cn1cc(COCCN(C)C(=O)COCCOCCSC2CC(=O)N(CC3CCCCC3)C2=O)nn1. The molecule has 1 aliphatic heterocycles. The monoisotopic (exact) mass is 595 g/mol. The highest BCUT2D eigenvalue weighted by atomic mass is 32.2. The van der Waals surface area contributed by atoms with Crippen LogP contribution in [0.15, 0.2) is 6.20 Å². The number of ether oxygens (including phenoxy) is 3. The number of likely N-dealkylation sites (N-methyl/N-ethyl adjacent to an activating group) is 1. The number of carbonyl (C=O) groups excluding carboxylic acids is 4. The fourth-order valence-electron chi connectivity index (χ4n) is 4.67. The third kappa shape index (κ3) is 11.4. The maximum Gasteiger partial charge on any atom is 0.248 e. The van der Waals surface area contributed by atoms with E-state index in [4.69, 9.17) is 14.2 Å². The van der Waals surface area contributed by atoms with Gasteiger partial charge in [0.2, 0.25) is 17.7 Å². The van der Waals surface area contributed by atoms with Crippen molar-refractivity contribution >= 4 is 35.3 Å². The molecule has 1 atom stereocenters. The minimum Gasteiger partial charge on any atom is -0.378 e. The van der Waals surface area contributed by atoms with Gasteiger partial charge in [0.15, 0.2) is 5.78 Å². The van der Waals surface area contributed by atoms with E-state index in [1.165, 1.54) is 45.5 Å². The second-order valence-corrected chi connectivity index (χ2v) is 12.3. The molecule has 2 aliphatic rings. The molecule has 1 saturated heterocycles. The van der Waals surface area contributed by atoms with E-state index >= 15 is 0 Å². The number of carbonyl (C=O) groups is 4. The van der Waals surface area contributed by atoms with Gasteiger partial charge in [-0.1, -0.05) is 38.3 Å². The van der Waals surface area contributed by atoms with Crippen LogP contribution in [0.2, 0.25) is 0 Å². The van der Waals surface area contributed by atoms with Gasteiger partial charge in [-0.05, 0) is 18.8 Å². The smallest absolute Gasteiger partial charge is 0.248 e. The number of Topliss-reactive ketones (excluding diaryl/α,β-unsaturated/α-hetero) is 1. The lowest BCUT2D eigenvalue weighted by Crippen LogP contribution is -2.36. The van der Waals surface area contributed by atoms with Crippen LogP contribution in [0.25, 0.3) is 0 Å². The highest BCUT2D eigenvalue weighted by Crippen LogP contribution is 2.29. The number of hydrogen-bond donors (Lipinski definition) is 0. The first-order valence-corrected chi connectivity index (χ1v) is 15.6. The van der Waals surface area contributed by atoms with Crippen LogP contribution in [0.4, 0.5) is 0 Å². The second-order valence-electron chi connectivity index (χ2n) is 11.0. The lowest BCUT2D eigenvalue weighted by Gasteiger charge is -2.25. The number of likely N-dealkylation sites (tertiary alicyclic amines) is 1. The molecule has 0 radical (unpaired) electrons. The van der Waals surface area contributed by atoms with E-state index in [0.717, 1.165) is 12.8 Å². The first kappa shape index (κ1) is 33.2. The molecule has 0 N–H and O–H groups in total. The summed E-state index contributed by atoms with van der Waals surface area (Å²) in [5.41, 5.74) is 0.622. The van der Waals surface area contributed by atoms with Gasteiger partial charge in [-0.15, -0.1) is 16.9 Å². The molecule has 2 fully saturated rings. The molecule has 3 amide bonds. The van der Waals surface area contributed by atoms with Crippen LogP contribution < -0.4 is 0 Å². The molecule has 1 saturated carbocycles. The maximum atomic E-state index is 12.7. The van der Waals surface area contributed by atoms with Gasteiger partial charge in [0.25, 0.3) is 0 Å². The number of rotatable bonds is 19. The molecule has 41 heavy (non-hydrogen) atoms. The minimum atomic E-state index is -0.308. The van der Waals surface area contributed by atoms with Gasteiger partial charge in [0.1, 0.15) is 18.8 Å². The van der Waals surface area contributed by atoms with Crippen molar-refractivity contribution in [3.63, 3.8) is 0 Å². The van der Waals surface area contributed by atoms with Gasteiger partial charge >= 0.3 is 0 Å². The third-order valence-electron chi connectivity index (χ3n) is 7.31. The normalized spacial score (nSPS) is 18.0. The summed E-state index contributed by atoms with van der Waals surface area (Å²) in [7, 11) is 1.68. The predicted molar refractivity (Wildman–Crippen MR) is 153 cm³/mol. The number of amides is 3. The van der Waals surface area contributed by atoms with Gasteiger partial charge < -0.3 is 19.1 Å². The Labute approximate surface area is 246 Å². The van der Waals surface area contributed by atoms with Gasteiger partial charge in [-0.25, -0.2) is 4.68 Å². The summed E-state index contributed by atoms with van der Waals surface area (Å²) in [6, 6.07) is 0. The Balaban J connectivity index is 1.16. The largest absolute Gasteiger partial charge is 0.378 e. The molecular formula is C28H45N5O7S. The predicted octanol–water partition coefficient (Wildman–Crippen LogP) is 1.95. The van der Waals surface area contributed by atoms with Gasteiger partial charge in [0.05, 0.1) is 44.5 Å². The van der Waals surface area contributed by atoms with Crippen molar-refractivity contribution in [1.82, 2.24) is 24.8 Å². The summed E-state index contributed by atoms with van der Waals surface area (Å²) in [6.07, 6.45) is 7.82. The molecule has 1 aromatic heterocycles. The van der Waals surface area contributed by atoms with Crippen LogP contribution in [0.1, 0.15) is 58.1 Å². The summed E-state index contributed by atoms with van der Waals surface area (Å²) >= 11 is 1.47. The number of ketones is 1. The number of hydrogen-bond acceptors (Lipinski definition) is 10. The number of nitrogens with zero attached hydrogens (tertiary/aromatic N) is 5. The average molecular weight is 596 g/mol. The van der Waals surface area contributed by atoms with E-state index in [2.05, 4.69) is 10.3 Å². The fraction of sp³-hybridized carbons (Fsp3) is 0.786. The topological polar surface area (TPSA) is 133 Å². The summed E-state index contributed by atoms with van der Waals surface area (Å²) < 4.78 is 18.1. The van der Waals surface area contributed by atoms with Crippen molar-refractivity contribution in [1.29, 1.82) is 0 Å². The molecule has 0 aromatic carbocycles. The quantitative estimate of drug-likeness (QED) is 0.173. The Morgan fingerprint density at radius 3 is 2.59 bits per heavy atom. The average Bonchev–Trinajstić information content (AvgIpc) is 3.51. The van der Waals surface area contributed by atoms with E-state index in [9.17, 15) is 19.2 Å². The van der Waals surface area contributed by atoms with E-state index in [-0.39, 0.29) is 67.5 Å². The summed E-state index contributed by atoms with van der Waals surface area (Å²) in [4.78, 5) is 52.1. The van der Waals surface area contributed by atoms with Crippen LogP contribution in [0.3, 0.4) is 0 Å². The first-order chi connectivity index (χ1) is 19.7. The fourth-order valence-corrected chi connectivity index (χ4v) is 5.70. The molecule has 2 heterocycles. The third-order valence-corrected chi connectivity index (χ3v) is 8.48. The van der Waals surface area contributed by atoms with Crippen molar-refractivity contribution in [2.75, 3.05) is 58.9 Å². The zero-order valence-electron chi connectivity index (χ0n) is 24.6. The molecule has 1 aliphatic carbocycles. The zero-order chi connectivity index (χ0) is 29.6. The molecule has 13 heteroatoms. The van der Waals surface area contributed by atoms with Crippen LogP contribution in [0.5, 0.6) is 0 Å². The van der Waals surface area contributed by atoms with Gasteiger partial charge in [-0.3, -0.25) is 24.1 Å². The van der Waals surface area contributed by atoms with Crippen LogP contribution >= 0.6 is 11.8 Å². The zero-order valence-corrected chi connectivity index (χ0v) is 25.4. The van der Waals surface area contributed by atoms with E-state index in [1.807, 2.05) is 13.8 Å². The minimum absolute atomic E-state index is 0.0474. The highest BCUT2D eigenvalue weighted by Gasteiger charge is 2.39. The molecule has 1 aromatic rings. The first-order valence-electron chi connectivity index (χ1n) is 14.6. The number of imide groups is 1. The standard InChI is InChI=1S/C28H45N5O7S/c1-21(2)24(34)18-32-17-23(29-30-32)19-39-10-9-31(3)27(36)20-40-12-11-38-13-14-41-25-15-26(35)33(28(25)37)16-22-7-5-4-6-8-22/h17,21-22,25H,4-16,18-20H2,1-3H3. The lowest BCUT2D eigenvalue weighted by atomic mass is 9.89. The van der Waals surface area contributed by atoms with Gasteiger partial charge in [0, 0.05) is 38.2 Å². The van der Waals surface area contributed by atoms with Crippen LogP contribution in [-0.2, 0) is 46.5 Å². The maximum absolute atomic E-state index is 12.7. The molecule has 1 unspecified atom stereocenters. The van der Waals surface area contributed by atoms with E-state index in [1.54, 1.807) is 13.2 Å². The highest BCUT2D eigenvalue weighted by molar-refractivity contribution is 8.00. The Morgan fingerprint density at radius 1 is 1.07 bits per heavy atom. The van der Waals surface area contributed by atoms with Crippen molar-refractivity contribution in [2.45, 2.75) is 70.8 Å². The summed E-state index contributed by atoms with van der Waals surface area (Å²) in [5, 5.41) is 7.63. The van der Waals surface area contributed by atoms with E-state index < -0.39 is 0 Å².